The van der Waals surface area contributed by atoms with Crippen molar-refractivity contribution in [3.63, 3.8) is 0 Å². The summed E-state index contributed by atoms with van der Waals surface area (Å²) >= 11 is 0. The second-order valence-corrected chi connectivity index (χ2v) is 6.30. The number of rotatable bonds is 3. The first kappa shape index (κ1) is 14.9. The molecule has 0 unspecified atom stereocenters. The summed E-state index contributed by atoms with van der Waals surface area (Å²) in [4.78, 5) is 11.2. The highest BCUT2D eigenvalue weighted by atomic mass is 16.7. The average molecular weight is 322 g/mol. The Hall–Kier alpha value is -2.66. The molecule has 0 amide bonds. The highest BCUT2D eigenvalue weighted by Crippen LogP contribution is 2.36. The van der Waals surface area contributed by atoms with E-state index < -0.39 is 17.8 Å². The third-order valence-corrected chi connectivity index (χ3v) is 4.49. The van der Waals surface area contributed by atoms with Crippen LogP contribution in [0.1, 0.15) is 24.5 Å². The van der Waals surface area contributed by atoms with Crippen molar-refractivity contribution in [1.82, 2.24) is 0 Å². The van der Waals surface area contributed by atoms with E-state index in [1.165, 1.54) is 0 Å². The molecule has 24 heavy (non-hydrogen) atoms. The van der Waals surface area contributed by atoms with Crippen molar-refractivity contribution in [2.75, 3.05) is 0 Å². The van der Waals surface area contributed by atoms with E-state index in [9.17, 15) is 5.11 Å². The summed E-state index contributed by atoms with van der Waals surface area (Å²) in [7, 11) is 0. The minimum atomic E-state index is -0.859. The van der Waals surface area contributed by atoms with Crippen LogP contribution in [0.3, 0.4) is 0 Å². The van der Waals surface area contributed by atoms with E-state index in [-0.39, 0.29) is 0 Å². The summed E-state index contributed by atoms with van der Waals surface area (Å²) in [6.07, 6.45) is -0.906. The van der Waals surface area contributed by atoms with Crippen LogP contribution in [0, 0.1) is 0 Å². The summed E-state index contributed by atoms with van der Waals surface area (Å²) in [5.41, 5.74) is 2.47. The van der Waals surface area contributed by atoms with Crippen molar-refractivity contribution in [2.24, 2.45) is 10.3 Å². The van der Waals surface area contributed by atoms with Gasteiger partial charge in [0.1, 0.15) is 11.8 Å². The zero-order valence-electron chi connectivity index (χ0n) is 13.3. The maximum atomic E-state index is 10.7. The number of aliphatic hydroxyl groups is 1. The monoisotopic (exact) mass is 322 g/mol. The molecule has 0 aromatic heterocycles. The van der Waals surface area contributed by atoms with E-state index in [0.717, 1.165) is 16.8 Å². The van der Waals surface area contributed by atoms with Gasteiger partial charge in [0.05, 0.1) is 5.71 Å². The van der Waals surface area contributed by atoms with Gasteiger partial charge in [0.15, 0.2) is 5.60 Å². The number of nitrogens with zero attached hydrogens (tertiary/aromatic N) is 2. The minimum absolute atomic E-state index is 0.526. The van der Waals surface area contributed by atoms with Crippen LogP contribution in [-0.4, -0.2) is 34.3 Å². The Balaban J connectivity index is 1.52. The first-order valence-electron chi connectivity index (χ1n) is 7.95. The molecule has 2 aliphatic rings. The predicted molar refractivity (Wildman–Crippen MR) is 90.9 cm³/mol. The van der Waals surface area contributed by atoms with Crippen LogP contribution in [0.5, 0.6) is 0 Å². The largest absolute Gasteiger partial charge is 0.385 e. The van der Waals surface area contributed by atoms with Gasteiger partial charge in [0, 0.05) is 12.0 Å². The van der Waals surface area contributed by atoms with Gasteiger partial charge in [-0.1, -0.05) is 71.0 Å². The van der Waals surface area contributed by atoms with E-state index in [0.29, 0.717) is 12.1 Å². The smallest absolute Gasteiger partial charge is 0.201 e. The van der Waals surface area contributed by atoms with Gasteiger partial charge < -0.3 is 14.8 Å². The molecule has 2 heterocycles. The van der Waals surface area contributed by atoms with E-state index in [1.807, 2.05) is 67.6 Å². The molecule has 3 atom stereocenters. The van der Waals surface area contributed by atoms with Gasteiger partial charge in [-0.25, -0.2) is 0 Å². The molecule has 0 saturated carbocycles. The van der Waals surface area contributed by atoms with Crippen molar-refractivity contribution >= 4 is 11.4 Å². The predicted octanol–water partition coefficient (Wildman–Crippen LogP) is 2.73. The molecule has 0 spiro atoms. The SMILES string of the molecule is C[C@]1([C@H]2ON=C(c3ccccc3)[C@@H]2O)CC(c2ccccc2)=NO1. The molecule has 2 aliphatic heterocycles. The third-order valence-electron chi connectivity index (χ3n) is 4.49. The number of hydrogen-bond acceptors (Lipinski definition) is 5. The van der Waals surface area contributed by atoms with Gasteiger partial charge in [-0.2, -0.15) is 0 Å². The van der Waals surface area contributed by atoms with Gasteiger partial charge in [-0.3, -0.25) is 0 Å². The van der Waals surface area contributed by atoms with E-state index >= 15 is 0 Å². The molecule has 0 saturated heterocycles. The van der Waals surface area contributed by atoms with Crippen LogP contribution in [0.4, 0.5) is 0 Å². The molecule has 2 aromatic carbocycles. The van der Waals surface area contributed by atoms with Crippen LogP contribution in [0.2, 0.25) is 0 Å². The summed E-state index contributed by atoms with van der Waals surface area (Å²) < 4.78 is 0. The lowest BCUT2D eigenvalue weighted by Gasteiger charge is -2.28. The normalized spacial score (nSPS) is 28.8. The Morgan fingerprint density at radius 1 is 0.958 bits per heavy atom. The molecular weight excluding hydrogens is 304 g/mol. The lowest BCUT2D eigenvalue weighted by Crippen LogP contribution is -2.48. The fraction of sp³-hybridized carbons (Fsp3) is 0.263. The van der Waals surface area contributed by atoms with Gasteiger partial charge in [-0.05, 0) is 12.5 Å². The van der Waals surface area contributed by atoms with E-state index in [4.69, 9.17) is 9.68 Å². The van der Waals surface area contributed by atoms with Gasteiger partial charge in [0.25, 0.3) is 0 Å². The Kier molecular flexibility index (Phi) is 3.58. The Labute approximate surface area is 140 Å². The van der Waals surface area contributed by atoms with Gasteiger partial charge in [-0.15, -0.1) is 0 Å². The van der Waals surface area contributed by atoms with Crippen LogP contribution in [0.25, 0.3) is 0 Å². The van der Waals surface area contributed by atoms with Gasteiger partial charge in [0.2, 0.25) is 6.10 Å². The molecular formula is C19H18N2O3. The molecule has 0 fully saturated rings. The molecule has 5 nitrogen and oxygen atoms in total. The highest BCUT2D eigenvalue weighted by Gasteiger charge is 2.52. The maximum Gasteiger partial charge on any atom is 0.201 e. The van der Waals surface area contributed by atoms with Crippen molar-refractivity contribution in [1.29, 1.82) is 0 Å². The Bertz CT molecular complexity index is 789. The number of aliphatic hydroxyl groups excluding tert-OH is 1. The fourth-order valence-corrected chi connectivity index (χ4v) is 3.14. The maximum absolute atomic E-state index is 10.7. The fourth-order valence-electron chi connectivity index (χ4n) is 3.14. The quantitative estimate of drug-likeness (QED) is 0.945. The summed E-state index contributed by atoms with van der Waals surface area (Å²) in [5.74, 6) is 0. The summed E-state index contributed by atoms with van der Waals surface area (Å²) in [6.45, 7) is 1.89. The number of benzene rings is 2. The standard InChI is InChI=1S/C19H18N2O3/c1-19(12-15(20-24-19)13-8-4-2-5-9-13)18-17(22)16(21-23-18)14-10-6-3-7-11-14/h2-11,17-18,22H,12H2,1H3/t17-,18-,19+/m0/s1. The molecule has 0 aliphatic carbocycles. The first-order chi connectivity index (χ1) is 11.7. The zero-order valence-corrected chi connectivity index (χ0v) is 13.3. The molecule has 1 N–H and O–H groups in total. The minimum Gasteiger partial charge on any atom is -0.385 e. The van der Waals surface area contributed by atoms with Gasteiger partial charge >= 0.3 is 0 Å². The van der Waals surface area contributed by atoms with E-state index in [1.54, 1.807) is 0 Å². The van der Waals surface area contributed by atoms with Crippen molar-refractivity contribution in [3.05, 3.63) is 71.8 Å². The second kappa shape index (κ2) is 5.76. The molecule has 4 rings (SSSR count). The lowest BCUT2D eigenvalue weighted by molar-refractivity contribution is -0.135. The number of oxime groups is 2. The van der Waals surface area contributed by atoms with Crippen molar-refractivity contribution in [3.8, 4) is 0 Å². The van der Waals surface area contributed by atoms with Crippen LogP contribution in [-0.2, 0) is 9.68 Å². The lowest BCUT2D eigenvalue weighted by atomic mass is 9.86. The van der Waals surface area contributed by atoms with Crippen LogP contribution < -0.4 is 0 Å². The van der Waals surface area contributed by atoms with Crippen molar-refractivity contribution < 1.29 is 14.8 Å². The molecule has 0 radical (unpaired) electrons. The molecule has 5 heteroatoms. The first-order valence-corrected chi connectivity index (χ1v) is 7.95. The topological polar surface area (TPSA) is 63.4 Å². The van der Waals surface area contributed by atoms with Crippen LogP contribution >= 0.6 is 0 Å². The zero-order chi connectivity index (χ0) is 16.6. The molecule has 122 valence electrons. The van der Waals surface area contributed by atoms with Crippen molar-refractivity contribution in [2.45, 2.75) is 31.2 Å². The Morgan fingerprint density at radius 2 is 1.58 bits per heavy atom. The third kappa shape index (κ3) is 2.47. The average Bonchev–Trinajstić information content (AvgIpc) is 3.21. The highest BCUT2D eigenvalue weighted by molar-refractivity contribution is 6.05. The molecule has 2 aromatic rings. The summed E-state index contributed by atoms with van der Waals surface area (Å²) in [6, 6.07) is 19.4. The Morgan fingerprint density at radius 3 is 2.25 bits per heavy atom. The second-order valence-electron chi connectivity index (χ2n) is 6.30. The number of hydrogen-bond donors (Lipinski definition) is 1. The molecule has 0 bridgehead atoms. The summed E-state index contributed by atoms with van der Waals surface area (Å²) in [5, 5.41) is 19.0. The van der Waals surface area contributed by atoms with E-state index in [2.05, 4.69) is 10.3 Å². The van der Waals surface area contributed by atoms with Crippen LogP contribution in [0.15, 0.2) is 71.0 Å².